The molecule has 0 saturated carbocycles. The lowest BCUT2D eigenvalue weighted by molar-refractivity contribution is -0.132. The number of benzene rings is 2. The second-order valence-corrected chi connectivity index (χ2v) is 6.82. The van der Waals surface area contributed by atoms with Crippen LogP contribution >= 0.6 is 11.3 Å². The average molecular weight is 352 g/mol. The fraction of sp³-hybridized carbons (Fsp3) is 0.200. The predicted octanol–water partition coefficient (Wildman–Crippen LogP) is 4.16. The molecule has 1 amide bonds. The molecule has 3 aromatic rings. The average Bonchev–Trinajstić information content (AvgIpc) is 3.05. The number of carbonyl (C=O) groups excluding carboxylic acids is 1. The van der Waals surface area contributed by atoms with Gasteiger partial charge in [-0.3, -0.25) is 4.79 Å². The van der Waals surface area contributed by atoms with E-state index in [4.69, 9.17) is 4.74 Å². The fourth-order valence-corrected chi connectivity index (χ4v) is 3.11. The van der Waals surface area contributed by atoms with Crippen LogP contribution < -0.4 is 4.74 Å². The minimum Gasteiger partial charge on any atom is -0.483 e. The van der Waals surface area contributed by atoms with Gasteiger partial charge in [-0.2, -0.15) is 0 Å². The number of hydrogen-bond donors (Lipinski definition) is 0. The number of rotatable bonds is 6. The minimum atomic E-state index is -0.0754. The Morgan fingerprint density at radius 2 is 1.84 bits per heavy atom. The highest BCUT2D eigenvalue weighted by atomic mass is 32.1. The molecule has 0 N–H and O–H groups in total. The highest BCUT2D eigenvalue weighted by molar-refractivity contribution is 7.09. The van der Waals surface area contributed by atoms with Crippen LogP contribution in [0.1, 0.15) is 10.7 Å². The van der Waals surface area contributed by atoms with Gasteiger partial charge in [0.05, 0.1) is 17.2 Å². The van der Waals surface area contributed by atoms with Crippen molar-refractivity contribution in [3.05, 3.63) is 70.7 Å². The number of ether oxygens (including phenoxy) is 1. The first-order valence-electron chi connectivity index (χ1n) is 8.05. The van der Waals surface area contributed by atoms with Gasteiger partial charge in [0, 0.05) is 18.0 Å². The molecule has 128 valence electrons. The monoisotopic (exact) mass is 352 g/mol. The molecule has 0 aliphatic carbocycles. The van der Waals surface area contributed by atoms with Gasteiger partial charge in [-0.1, -0.05) is 48.5 Å². The van der Waals surface area contributed by atoms with Crippen LogP contribution in [0.2, 0.25) is 0 Å². The van der Waals surface area contributed by atoms with E-state index in [-0.39, 0.29) is 12.5 Å². The zero-order chi connectivity index (χ0) is 17.6. The van der Waals surface area contributed by atoms with Gasteiger partial charge in [-0.15, -0.1) is 11.3 Å². The lowest BCUT2D eigenvalue weighted by atomic mass is 10.1. The zero-order valence-electron chi connectivity index (χ0n) is 14.3. The third-order valence-electron chi connectivity index (χ3n) is 3.81. The highest BCUT2D eigenvalue weighted by Gasteiger charge is 2.13. The topological polar surface area (TPSA) is 42.4 Å². The van der Waals surface area contributed by atoms with Gasteiger partial charge in [0.1, 0.15) is 5.75 Å². The van der Waals surface area contributed by atoms with E-state index in [9.17, 15) is 4.79 Å². The molecule has 1 aromatic heterocycles. The van der Waals surface area contributed by atoms with E-state index < -0.39 is 0 Å². The van der Waals surface area contributed by atoms with Crippen LogP contribution in [0.5, 0.6) is 5.75 Å². The molecule has 3 rings (SSSR count). The summed E-state index contributed by atoms with van der Waals surface area (Å²) in [6.45, 7) is 2.45. The van der Waals surface area contributed by atoms with Crippen LogP contribution in [0, 0.1) is 6.92 Å². The van der Waals surface area contributed by atoms with Crippen LogP contribution in [0.3, 0.4) is 0 Å². The molecule has 25 heavy (non-hydrogen) atoms. The molecule has 0 atom stereocenters. The molecular weight excluding hydrogens is 332 g/mol. The molecule has 0 unspecified atom stereocenters. The third kappa shape index (κ3) is 4.45. The Balaban J connectivity index is 1.64. The summed E-state index contributed by atoms with van der Waals surface area (Å²) in [4.78, 5) is 18.4. The number of thiazole rings is 1. The Bertz CT molecular complexity index is 846. The maximum absolute atomic E-state index is 12.4. The van der Waals surface area contributed by atoms with Crippen molar-refractivity contribution in [1.29, 1.82) is 0 Å². The SMILES string of the molecule is Cc1nc(CN(C)C(=O)COc2ccccc2-c2ccccc2)cs1. The lowest BCUT2D eigenvalue weighted by Gasteiger charge is -2.17. The molecule has 4 nitrogen and oxygen atoms in total. The molecule has 2 aromatic carbocycles. The first-order valence-corrected chi connectivity index (χ1v) is 8.93. The van der Waals surface area contributed by atoms with Crippen molar-refractivity contribution < 1.29 is 9.53 Å². The quantitative estimate of drug-likeness (QED) is 0.669. The maximum Gasteiger partial charge on any atom is 0.260 e. The van der Waals surface area contributed by atoms with Crippen molar-refractivity contribution >= 4 is 17.2 Å². The molecule has 0 aliphatic heterocycles. The summed E-state index contributed by atoms with van der Waals surface area (Å²) < 4.78 is 5.81. The Hall–Kier alpha value is -2.66. The van der Waals surface area contributed by atoms with Crippen LogP contribution in [-0.2, 0) is 11.3 Å². The number of aryl methyl sites for hydroxylation is 1. The van der Waals surface area contributed by atoms with Gasteiger partial charge in [0.15, 0.2) is 6.61 Å². The van der Waals surface area contributed by atoms with Crippen molar-refractivity contribution in [2.45, 2.75) is 13.5 Å². The van der Waals surface area contributed by atoms with Crippen molar-refractivity contribution in [2.75, 3.05) is 13.7 Å². The summed E-state index contributed by atoms with van der Waals surface area (Å²) in [7, 11) is 1.77. The van der Waals surface area contributed by atoms with Crippen molar-refractivity contribution in [2.24, 2.45) is 0 Å². The summed E-state index contributed by atoms with van der Waals surface area (Å²) in [6, 6.07) is 17.8. The number of carbonyl (C=O) groups is 1. The second-order valence-electron chi connectivity index (χ2n) is 5.76. The number of para-hydroxylation sites is 1. The molecule has 0 bridgehead atoms. The summed E-state index contributed by atoms with van der Waals surface area (Å²) >= 11 is 1.59. The molecule has 0 spiro atoms. The van der Waals surface area contributed by atoms with E-state index in [0.29, 0.717) is 12.3 Å². The first kappa shape index (κ1) is 17.2. The van der Waals surface area contributed by atoms with Gasteiger partial charge in [0.2, 0.25) is 0 Å². The molecule has 0 fully saturated rings. The number of nitrogens with zero attached hydrogens (tertiary/aromatic N) is 2. The Labute approximate surface area is 151 Å². The molecule has 0 aliphatic rings. The summed E-state index contributed by atoms with van der Waals surface area (Å²) in [6.07, 6.45) is 0. The smallest absolute Gasteiger partial charge is 0.260 e. The normalized spacial score (nSPS) is 10.5. The zero-order valence-corrected chi connectivity index (χ0v) is 15.1. The molecule has 5 heteroatoms. The number of aromatic nitrogens is 1. The van der Waals surface area contributed by atoms with Crippen molar-refractivity contribution in [3.8, 4) is 16.9 Å². The standard InChI is InChI=1S/C20H20N2O2S/c1-15-21-17(14-25-15)12-22(2)20(23)13-24-19-11-7-6-10-18(19)16-8-4-3-5-9-16/h3-11,14H,12-13H2,1-2H3. The summed E-state index contributed by atoms with van der Waals surface area (Å²) in [5, 5.41) is 2.98. The summed E-state index contributed by atoms with van der Waals surface area (Å²) in [5.74, 6) is 0.633. The number of hydrogen-bond acceptors (Lipinski definition) is 4. The van der Waals surface area contributed by atoms with E-state index >= 15 is 0 Å². The van der Waals surface area contributed by atoms with Crippen molar-refractivity contribution in [1.82, 2.24) is 9.88 Å². The first-order chi connectivity index (χ1) is 12.1. The third-order valence-corrected chi connectivity index (χ3v) is 4.64. The molecule has 1 heterocycles. The van der Waals surface area contributed by atoms with Gasteiger partial charge in [-0.05, 0) is 18.6 Å². The Morgan fingerprint density at radius 3 is 2.56 bits per heavy atom. The van der Waals surface area contributed by atoms with Crippen LogP contribution in [0.25, 0.3) is 11.1 Å². The molecule has 0 saturated heterocycles. The van der Waals surface area contributed by atoms with Gasteiger partial charge in [-0.25, -0.2) is 4.98 Å². The van der Waals surface area contributed by atoms with Gasteiger partial charge in [0.25, 0.3) is 5.91 Å². The largest absolute Gasteiger partial charge is 0.483 e. The maximum atomic E-state index is 12.4. The second kappa shape index (κ2) is 7.94. The number of likely N-dealkylation sites (N-methyl/N-ethyl adjacent to an activating group) is 1. The van der Waals surface area contributed by atoms with Crippen LogP contribution in [-0.4, -0.2) is 29.4 Å². The van der Waals surface area contributed by atoms with E-state index in [1.165, 1.54) is 0 Å². The van der Waals surface area contributed by atoms with E-state index in [1.807, 2.05) is 66.9 Å². The van der Waals surface area contributed by atoms with Gasteiger partial charge >= 0.3 is 0 Å². The van der Waals surface area contributed by atoms with Crippen LogP contribution in [0.4, 0.5) is 0 Å². The van der Waals surface area contributed by atoms with E-state index in [2.05, 4.69) is 4.98 Å². The Kier molecular flexibility index (Phi) is 5.46. The van der Waals surface area contributed by atoms with Crippen molar-refractivity contribution in [3.63, 3.8) is 0 Å². The highest BCUT2D eigenvalue weighted by Crippen LogP contribution is 2.29. The minimum absolute atomic E-state index is 0.00344. The predicted molar refractivity (Wildman–Crippen MR) is 101 cm³/mol. The van der Waals surface area contributed by atoms with E-state index in [0.717, 1.165) is 21.8 Å². The Morgan fingerprint density at radius 1 is 1.12 bits per heavy atom. The van der Waals surface area contributed by atoms with Crippen LogP contribution in [0.15, 0.2) is 60.0 Å². The fourth-order valence-electron chi connectivity index (χ4n) is 2.51. The molecular formula is C20H20N2O2S. The molecule has 0 radical (unpaired) electrons. The summed E-state index contributed by atoms with van der Waals surface area (Å²) in [5.41, 5.74) is 2.95. The number of amides is 1. The van der Waals surface area contributed by atoms with Gasteiger partial charge < -0.3 is 9.64 Å². The lowest BCUT2D eigenvalue weighted by Crippen LogP contribution is -2.31. The van der Waals surface area contributed by atoms with E-state index in [1.54, 1.807) is 23.3 Å².